The average Bonchev–Trinajstić information content (AvgIpc) is 2.84. The van der Waals surface area contributed by atoms with Crippen molar-refractivity contribution in [1.82, 2.24) is 0 Å². The number of hydrogen-bond acceptors (Lipinski definition) is 2. The molecule has 0 aliphatic carbocycles. The molecule has 0 aromatic heterocycles. The van der Waals surface area contributed by atoms with Crippen LogP contribution in [0, 0.1) is 0 Å². The number of epoxide rings is 1. The standard InChI is InChI=1S/C13H28O2Si/c1-11(8-7-9-12-10-14-12)15-16(5,6)13(2,3)4/h11-12H,7-10H2,1-6H3/t11-,12+/m0/s1. The summed E-state index contributed by atoms with van der Waals surface area (Å²) in [5.41, 5.74) is 0. The zero-order valence-corrected chi connectivity index (χ0v) is 12.8. The van der Waals surface area contributed by atoms with E-state index in [0.717, 1.165) is 6.61 Å². The van der Waals surface area contributed by atoms with Crippen molar-refractivity contribution in [3.05, 3.63) is 0 Å². The molecule has 1 aliphatic rings. The summed E-state index contributed by atoms with van der Waals surface area (Å²) < 4.78 is 11.5. The topological polar surface area (TPSA) is 21.8 Å². The maximum absolute atomic E-state index is 6.30. The van der Waals surface area contributed by atoms with Gasteiger partial charge in [0.1, 0.15) is 0 Å². The molecule has 0 spiro atoms. The number of ether oxygens (including phenoxy) is 1. The van der Waals surface area contributed by atoms with Crippen LogP contribution in [-0.2, 0) is 9.16 Å². The van der Waals surface area contributed by atoms with E-state index in [1.807, 2.05) is 0 Å². The van der Waals surface area contributed by atoms with Crippen LogP contribution >= 0.6 is 0 Å². The summed E-state index contributed by atoms with van der Waals surface area (Å²) in [6.07, 6.45) is 4.60. The molecule has 16 heavy (non-hydrogen) atoms. The second-order valence-corrected chi connectivity index (χ2v) is 11.3. The van der Waals surface area contributed by atoms with Gasteiger partial charge in [0.15, 0.2) is 8.32 Å². The van der Waals surface area contributed by atoms with Gasteiger partial charge in [-0.1, -0.05) is 20.8 Å². The summed E-state index contributed by atoms with van der Waals surface area (Å²) in [7, 11) is -1.56. The summed E-state index contributed by atoms with van der Waals surface area (Å²) in [5.74, 6) is 0. The third-order valence-electron chi connectivity index (χ3n) is 3.84. The molecule has 2 nitrogen and oxygen atoms in total. The summed E-state index contributed by atoms with van der Waals surface area (Å²) in [6.45, 7) is 14.7. The van der Waals surface area contributed by atoms with Crippen molar-refractivity contribution < 1.29 is 9.16 Å². The van der Waals surface area contributed by atoms with Gasteiger partial charge in [0, 0.05) is 6.10 Å². The monoisotopic (exact) mass is 244 g/mol. The third-order valence-corrected chi connectivity index (χ3v) is 8.45. The van der Waals surface area contributed by atoms with Gasteiger partial charge in [-0.05, 0) is 44.3 Å². The van der Waals surface area contributed by atoms with Crippen LogP contribution < -0.4 is 0 Å². The van der Waals surface area contributed by atoms with E-state index >= 15 is 0 Å². The van der Waals surface area contributed by atoms with Crippen molar-refractivity contribution in [3.63, 3.8) is 0 Å². The van der Waals surface area contributed by atoms with Gasteiger partial charge in [0.25, 0.3) is 0 Å². The second kappa shape index (κ2) is 5.19. The second-order valence-electron chi connectivity index (χ2n) is 6.58. The molecule has 0 radical (unpaired) electrons. The number of rotatable bonds is 6. The highest BCUT2D eigenvalue weighted by Gasteiger charge is 2.38. The minimum Gasteiger partial charge on any atom is -0.414 e. The van der Waals surface area contributed by atoms with Gasteiger partial charge in [-0.3, -0.25) is 0 Å². The Kier molecular flexibility index (Phi) is 4.61. The fourth-order valence-electron chi connectivity index (χ4n) is 1.61. The first-order chi connectivity index (χ1) is 7.22. The molecule has 0 aromatic rings. The predicted octanol–water partition coefficient (Wildman–Crippen LogP) is 3.97. The maximum Gasteiger partial charge on any atom is 0.192 e. The average molecular weight is 244 g/mol. The molecule has 0 saturated carbocycles. The molecule has 0 bridgehead atoms. The Balaban J connectivity index is 2.23. The largest absolute Gasteiger partial charge is 0.414 e. The van der Waals surface area contributed by atoms with Crippen LogP contribution in [0.1, 0.15) is 47.0 Å². The summed E-state index contributed by atoms with van der Waals surface area (Å²) >= 11 is 0. The van der Waals surface area contributed by atoms with E-state index in [2.05, 4.69) is 40.8 Å². The van der Waals surface area contributed by atoms with Gasteiger partial charge < -0.3 is 9.16 Å². The van der Waals surface area contributed by atoms with Crippen LogP contribution in [0.15, 0.2) is 0 Å². The molecule has 2 atom stereocenters. The SMILES string of the molecule is C[C@@H](CCC[C@@H]1CO1)O[Si](C)(C)C(C)(C)C. The first kappa shape index (κ1) is 14.2. The summed E-state index contributed by atoms with van der Waals surface area (Å²) in [4.78, 5) is 0. The van der Waals surface area contributed by atoms with Crippen LogP contribution in [-0.4, -0.2) is 27.1 Å². The van der Waals surface area contributed by atoms with Crippen LogP contribution in [0.4, 0.5) is 0 Å². The third kappa shape index (κ3) is 4.56. The first-order valence-electron chi connectivity index (χ1n) is 6.52. The molecular formula is C13H28O2Si. The molecule has 0 N–H and O–H groups in total. The molecule has 96 valence electrons. The number of hydrogen-bond donors (Lipinski definition) is 0. The lowest BCUT2D eigenvalue weighted by atomic mass is 10.1. The van der Waals surface area contributed by atoms with E-state index in [-0.39, 0.29) is 0 Å². The Morgan fingerprint density at radius 2 is 1.94 bits per heavy atom. The lowest BCUT2D eigenvalue weighted by Crippen LogP contribution is -2.43. The van der Waals surface area contributed by atoms with E-state index in [4.69, 9.17) is 9.16 Å². The van der Waals surface area contributed by atoms with E-state index in [1.54, 1.807) is 0 Å². The van der Waals surface area contributed by atoms with Crippen LogP contribution in [0.3, 0.4) is 0 Å². The highest BCUT2D eigenvalue weighted by molar-refractivity contribution is 6.74. The van der Waals surface area contributed by atoms with Crippen molar-refractivity contribution in [2.24, 2.45) is 0 Å². The molecule has 1 heterocycles. The highest BCUT2D eigenvalue weighted by Crippen LogP contribution is 2.37. The molecule has 3 heteroatoms. The lowest BCUT2D eigenvalue weighted by molar-refractivity contribution is 0.184. The van der Waals surface area contributed by atoms with Crippen molar-refractivity contribution >= 4 is 8.32 Å². The Morgan fingerprint density at radius 1 is 1.38 bits per heavy atom. The molecule has 0 unspecified atom stereocenters. The Hall–Kier alpha value is 0.137. The van der Waals surface area contributed by atoms with Gasteiger partial charge >= 0.3 is 0 Å². The fourth-order valence-corrected chi connectivity index (χ4v) is 3.08. The van der Waals surface area contributed by atoms with E-state index in [9.17, 15) is 0 Å². The zero-order valence-electron chi connectivity index (χ0n) is 11.8. The molecule has 0 amide bonds. The van der Waals surface area contributed by atoms with E-state index < -0.39 is 8.32 Å². The first-order valence-corrected chi connectivity index (χ1v) is 9.42. The molecule has 1 rings (SSSR count). The zero-order chi connectivity index (χ0) is 12.4. The van der Waals surface area contributed by atoms with Crippen molar-refractivity contribution in [2.75, 3.05) is 6.61 Å². The van der Waals surface area contributed by atoms with Crippen molar-refractivity contribution in [3.8, 4) is 0 Å². The van der Waals surface area contributed by atoms with Gasteiger partial charge in [0.05, 0.1) is 12.7 Å². The van der Waals surface area contributed by atoms with E-state index in [1.165, 1.54) is 19.3 Å². The van der Waals surface area contributed by atoms with Crippen molar-refractivity contribution in [2.45, 2.75) is 77.3 Å². The van der Waals surface area contributed by atoms with Gasteiger partial charge in [-0.2, -0.15) is 0 Å². The fraction of sp³-hybridized carbons (Fsp3) is 1.00. The molecule has 1 saturated heterocycles. The van der Waals surface area contributed by atoms with E-state index in [0.29, 0.717) is 17.2 Å². The van der Waals surface area contributed by atoms with Crippen LogP contribution in [0.25, 0.3) is 0 Å². The minimum absolute atomic E-state index is 0.320. The Morgan fingerprint density at radius 3 is 2.38 bits per heavy atom. The molecular weight excluding hydrogens is 216 g/mol. The van der Waals surface area contributed by atoms with Crippen molar-refractivity contribution in [1.29, 1.82) is 0 Å². The maximum atomic E-state index is 6.30. The summed E-state index contributed by atoms with van der Waals surface area (Å²) in [5, 5.41) is 0.320. The Labute approximate surface area is 102 Å². The molecule has 1 aliphatic heterocycles. The summed E-state index contributed by atoms with van der Waals surface area (Å²) in [6, 6.07) is 0. The van der Waals surface area contributed by atoms with Crippen LogP contribution in [0.5, 0.6) is 0 Å². The van der Waals surface area contributed by atoms with Gasteiger partial charge in [-0.15, -0.1) is 0 Å². The quantitative estimate of drug-likeness (QED) is 0.521. The minimum atomic E-state index is -1.56. The molecule has 0 aromatic carbocycles. The predicted molar refractivity (Wildman–Crippen MR) is 71.3 cm³/mol. The normalized spacial score (nSPS) is 23.2. The van der Waals surface area contributed by atoms with Crippen LogP contribution in [0.2, 0.25) is 18.1 Å². The van der Waals surface area contributed by atoms with Gasteiger partial charge in [0.2, 0.25) is 0 Å². The lowest BCUT2D eigenvalue weighted by Gasteiger charge is -2.38. The smallest absolute Gasteiger partial charge is 0.192 e. The Bertz CT molecular complexity index is 216. The highest BCUT2D eigenvalue weighted by atomic mass is 28.4. The molecule has 1 fully saturated rings. The van der Waals surface area contributed by atoms with Gasteiger partial charge in [-0.25, -0.2) is 0 Å².